The molecule has 1 aromatic carbocycles. The van der Waals surface area contributed by atoms with Crippen molar-refractivity contribution < 1.29 is 14.3 Å². The molecule has 5 nitrogen and oxygen atoms in total. The molecular weight excluding hydrogens is 345 g/mol. The molecule has 0 spiro atoms. The van der Waals surface area contributed by atoms with E-state index in [2.05, 4.69) is 10.2 Å². The second-order valence-electron chi connectivity index (χ2n) is 8.23. The number of likely N-dealkylation sites (tertiary alicyclic amines) is 1. The van der Waals surface area contributed by atoms with Crippen LogP contribution in [0.25, 0.3) is 0 Å². The van der Waals surface area contributed by atoms with E-state index in [1.807, 2.05) is 11.9 Å². The summed E-state index contributed by atoms with van der Waals surface area (Å²) in [5.74, 6) is 0.168. The average molecular weight is 378 g/mol. The molecule has 2 heterocycles. The Morgan fingerprint density at radius 1 is 1.26 bits per heavy atom. The number of nitrogens with zero attached hydrogens (tertiary/aromatic N) is 2. The van der Waals surface area contributed by atoms with Gasteiger partial charge in [0.05, 0.1) is 5.60 Å². The Morgan fingerprint density at radius 2 is 1.96 bits per heavy atom. The van der Waals surface area contributed by atoms with Crippen LogP contribution in [-0.2, 0) is 11.3 Å². The Morgan fingerprint density at radius 3 is 2.67 bits per heavy atom. The minimum atomic E-state index is -0.780. The number of hydrogen-bond donors (Lipinski definition) is 2. The highest BCUT2D eigenvalue weighted by Crippen LogP contribution is 2.26. The van der Waals surface area contributed by atoms with Crippen LogP contribution < -0.4 is 5.32 Å². The smallest absolute Gasteiger partial charge is 0.225 e. The molecule has 0 unspecified atom stereocenters. The number of amides is 1. The summed E-state index contributed by atoms with van der Waals surface area (Å²) in [6.07, 6.45) is 3.98. The SMILES string of the molecule is CN(Cc1ccc(F)cc1)C[C@@]1(O)CCCN(C(=O)C2CCNCC2)CC1. The number of likely N-dealkylation sites (N-methyl/N-ethyl adjacent to an activating group) is 1. The molecule has 0 saturated carbocycles. The maximum Gasteiger partial charge on any atom is 0.225 e. The van der Waals surface area contributed by atoms with Crippen molar-refractivity contribution in [3.05, 3.63) is 35.6 Å². The number of hydrogen-bond acceptors (Lipinski definition) is 4. The second-order valence-corrected chi connectivity index (χ2v) is 8.23. The highest BCUT2D eigenvalue weighted by molar-refractivity contribution is 5.79. The monoisotopic (exact) mass is 377 g/mol. The molecule has 1 aromatic rings. The molecule has 2 aliphatic rings. The Bertz CT molecular complexity index is 618. The molecule has 0 aliphatic carbocycles. The van der Waals surface area contributed by atoms with Crippen LogP contribution in [0.15, 0.2) is 24.3 Å². The van der Waals surface area contributed by atoms with Crippen molar-refractivity contribution in [1.29, 1.82) is 0 Å². The first kappa shape index (κ1) is 20.2. The average Bonchev–Trinajstić information content (AvgIpc) is 2.85. The van der Waals surface area contributed by atoms with Crippen LogP contribution in [0, 0.1) is 11.7 Å². The van der Waals surface area contributed by atoms with Gasteiger partial charge in [0.15, 0.2) is 0 Å². The summed E-state index contributed by atoms with van der Waals surface area (Å²) >= 11 is 0. The fraction of sp³-hybridized carbons (Fsp3) is 0.667. The van der Waals surface area contributed by atoms with Crippen molar-refractivity contribution in [2.45, 2.75) is 44.2 Å². The first-order chi connectivity index (χ1) is 13.0. The van der Waals surface area contributed by atoms with E-state index >= 15 is 0 Å². The van der Waals surface area contributed by atoms with Gasteiger partial charge in [-0.2, -0.15) is 0 Å². The third-order valence-corrected chi connectivity index (χ3v) is 5.85. The van der Waals surface area contributed by atoms with Crippen LogP contribution >= 0.6 is 0 Å². The minimum absolute atomic E-state index is 0.138. The number of aliphatic hydroxyl groups is 1. The van der Waals surface area contributed by atoms with E-state index in [0.717, 1.165) is 44.5 Å². The zero-order valence-electron chi connectivity index (χ0n) is 16.3. The van der Waals surface area contributed by atoms with Gasteiger partial charge in [0.1, 0.15) is 5.82 Å². The summed E-state index contributed by atoms with van der Waals surface area (Å²) in [7, 11) is 1.98. The van der Waals surface area contributed by atoms with E-state index in [1.54, 1.807) is 12.1 Å². The molecule has 2 fully saturated rings. The Balaban J connectivity index is 1.52. The van der Waals surface area contributed by atoms with Gasteiger partial charge in [-0.3, -0.25) is 9.69 Å². The topological polar surface area (TPSA) is 55.8 Å². The molecule has 1 atom stereocenters. The van der Waals surface area contributed by atoms with Crippen molar-refractivity contribution >= 4 is 5.91 Å². The van der Waals surface area contributed by atoms with Crippen molar-refractivity contribution in [1.82, 2.24) is 15.1 Å². The van der Waals surface area contributed by atoms with Gasteiger partial charge in [-0.05, 0) is 69.9 Å². The molecule has 0 bridgehead atoms. The Labute approximate surface area is 161 Å². The highest BCUT2D eigenvalue weighted by Gasteiger charge is 2.34. The van der Waals surface area contributed by atoms with Crippen LogP contribution in [0.5, 0.6) is 0 Å². The van der Waals surface area contributed by atoms with Gasteiger partial charge < -0.3 is 15.3 Å². The molecular formula is C21H32FN3O2. The van der Waals surface area contributed by atoms with E-state index in [0.29, 0.717) is 32.5 Å². The number of piperidine rings is 1. The standard InChI is InChI=1S/C21H32FN3O2/c1-24(15-17-3-5-19(22)6-4-17)16-21(27)9-2-13-25(14-10-21)20(26)18-7-11-23-12-8-18/h3-6,18,23,27H,2,7-16H2,1H3/t21-/m1/s1. The lowest BCUT2D eigenvalue weighted by atomic mass is 9.94. The van der Waals surface area contributed by atoms with Crippen molar-refractivity contribution in [2.75, 3.05) is 39.8 Å². The normalized spacial score (nSPS) is 24.8. The Kier molecular flexibility index (Phi) is 6.84. The van der Waals surface area contributed by atoms with Crippen LogP contribution in [-0.4, -0.2) is 66.2 Å². The first-order valence-corrected chi connectivity index (χ1v) is 10.1. The van der Waals surface area contributed by atoms with Crippen LogP contribution in [0.2, 0.25) is 0 Å². The second kappa shape index (κ2) is 9.13. The summed E-state index contributed by atoms with van der Waals surface area (Å²) < 4.78 is 13.1. The molecule has 150 valence electrons. The molecule has 27 heavy (non-hydrogen) atoms. The maximum atomic E-state index is 13.1. The number of carbonyl (C=O) groups excluding carboxylic acids is 1. The van der Waals surface area contributed by atoms with Crippen LogP contribution in [0.3, 0.4) is 0 Å². The third-order valence-electron chi connectivity index (χ3n) is 5.85. The van der Waals surface area contributed by atoms with E-state index in [-0.39, 0.29) is 17.6 Å². The van der Waals surface area contributed by atoms with Crippen molar-refractivity contribution in [2.24, 2.45) is 5.92 Å². The summed E-state index contributed by atoms with van der Waals surface area (Å²) in [5.41, 5.74) is 0.247. The summed E-state index contributed by atoms with van der Waals surface area (Å²) in [4.78, 5) is 16.8. The van der Waals surface area contributed by atoms with E-state index in [9.17, 15) is 14.3 Å². The summed E-state index contributed by atoms with van der Waals surface area (Å²) in [6.45, 7) is 4.43. The molecule has 2 N–H and O–H groups in total. The zero-order chi connectivity index (χ0) is 19.3. The number of halogens is 1. The predicted molar refractivity (Wildman–Crippen MR) is 104 cm³/mol. The van der Waals surface area contributed by atoms with Gasteiger partial charge in [-0.15, -0.1) is 0 Å². The summed E-state index contributed by atoms with van der Waals surface area (Å²) in [6, 6.07) is 6.49. The van der Waals surface area contributed by atoms with E-state index in [1.165, 1.54) is 12.1 Å². The first-order valence-electron chi connectivity index (χ1n) is 10.1. The number of nitrogens with one attached hydrogen (secondary N) is 1. The van der Waals surface area contributed by atoms with Gasteiger partial charge in [-0.25, -0.2) is 4.39 Å². The van der Waals surface area contributed by atoms with Gasteiger partial charge in [0.25, 0.3) is 0 Å². The zero-order valence-corrected chi connectivity index (χ0v) is 16.3. The molecule has 1 amide bonds. The van der Waals surface area contributed by atoms with Crippen molar-refractivity contribution in [3.63, 3.8) is 0 Å². The fourth-order valence-electron chi connectivity index (χ4n) is 4.34. The quantitative estimate of drug-likeness (QED) is 0.824. The fourth-order valence-corrected chi connectivity index (χ4v) is 4.34. The Hall–Kier alpha value is -1.50. The maximum absolute atomic E-state index is 13.1. The van der Waals surface area contributed by atoms with Gasteiger partial charge in [-0.1, -0.05) is 12.1 Å². The van der Waals surface area contributed by atoms with Crippen LogP contribution in [0.4, 0.5) is 4.39 Å². The number of rotatable bonds is 5. The largest absolute Gasteiger partial charge is 0.388 e. The lowest BCUT2D eigenvalue weighted by molar-refractivity contribution is -0.136. The van der Waals surface area contributed by atoms with E-state index < -0.39 is 5.60 Å². The summed E-state index contributed by atoms with van der Waals surface area (Å²) in [5, 5.41) is 14.4. The number of benzene rings is 1. The molecule has 0 radical (unpaired) electrons. The highest BCUT2D eigenvalue weighted by atomic mass is 19.1. The van der Waals surface area contributed by atoms with Gasteiger partial charge in [0.2, 0.25) is 5.91 Å². The lowest BCUT2D eigenvalue weighted by Crippen LogP contribution is -2.44. The van der Waals surface area contributed by atoms with Gasteiger partial charge >= 0.3 is 0 Å². The van der Waals surface area contributed by atoms with Gasteiger partial charge in [0, 0.05) is 32.1 Å². The third kappa shape index (κ3) is 5.74. The molecule has 0 aromatic heterocycles. The minimum Gasteiger partial charge on any atom is -0.388 e. The molecule has 2 saturated heterocycles. The van der Waals surface area contributed by atoms with Crippen molar-refractivity contribution in [3.8, 4) is 0 Å². The molecule has 6 heteroatoms. The lowest BCUT2D eigenvalue weighted by Gasteiger charge is -2.32. The van der Waals surface area contributed by atoms with Crippen LogP contribution in [0.1, 0.15) is 37.7 Å². The predicted octanol–water partition coefficient (Wildman–Crippen LogP) is 2.00. The molecule has 2 aliphatic heterocycles. The molecule has 3 rings (SSSR count). The number of carbonyl (C=O) groups is 1. The van der Waals surface area contributed by atoms with E-state index in [4.69, 9.17) is 0 Å².